The van der Waals surface area contributed by atoms with Crippen LogP contribution in [0.5, 0.6) is 5.88 Å². The Morgan fingerprint density at radius 1 is 1.28 bits per heavy atom. The van der Waals surface area contributed by atoms with E-state index in [0.717, 1.165) is 25.1 Å². The summed E-state index contributed by atoms with van der Waals surface area (Å²) in [6.07, 6.45) is 5.49. The molecule has 102 valence electrons. The van der Waals surface area contributed by atoms with E-state index in [1.54, 1.807) is 19.5 Å². The van der Waals surface area contributed by atoms with Gasteiger partial charge in [0.25, 0.3) is 0 Å². The standard InChI is InChI=1S/C14H25N3O/c1-6-7-15-11(10-14(2,3)4)12-13(18-5)17-9-8-16-12/h8-9,11,15H,6-7,10H2,1-5H3. The lowest BCUT2D eigenvalue weighted by Crippen LogP contribution is -2.27. The second-order valence-electron chi connectivity index (χ2n) is 5.72. The van der Waals surface area contributed by atoms with Gasteiger partial charge in [0.15, 0.2) is 0 Å². The van der Waals surface area contributed by atoms with E-state index >= 15 is 0 Å². The first-order chi connectivity index (χ1) is 8.48. The molecule has 0 aromatic carbocycles. The lowest BCUT2D eigenvalue weighted by molar-refractivity contribution is 0.297. The zero-order valence-electron chi connectivity index (χ0n) is 12.2. The van der Waals surface area contributed by atoms with Crippen LogP contribution in [0.3, 0.4) is 0 Å². The van der Waals surface area contributed by atoms with Crippen molar-refractivity contribution in [1.29, 1.82) is 0 Å². The third-order valence-corrected chi connectivity index (χ3v) is 2.67. The molecular formula is C14H25N3O. The van der Waals surface area contributed by atoms with Crippen molar-refractivity contribution >= 4 is 0 Å². The van der Waals surface area contributed by atoms with Crippen molar-refractivity contribution in [2.45, 2.75) is 46.6 Å². The first kappa shape index (κ1) is 14.9. The molecule has 1 rings (SSSR count). The van der Waals surface area contributed by atoms with Gasteiger partial charge >= 0.3 is 0 Å². The molecule has 1 aromatic rings. The van der Waals surface area contributed by atoms with E-state index in [0.29, 0.717) is 5.88 Å². The van der Waals surface area contributed by atoms with E-state index in [1.807, 2.05) is 0 Å². The van der Waals surface area contributed by atoms with Crippen molar-refractivity contribution in [3.63, 3.8) is 0 Å². The largest absolute Gasteiger partial charge is 0.480 e. The van der Waals surface area contributed by atoms with Gasteiger partial charge in [0.2, 0.25) is 5.88 Å². The highest BCUT2D eigenvalue weighted by Gasteiger charge is 2.23. The van der Waals surface area contributed by atoms with Gasteiger partial charge in [-0.2, -0.15) is 0 Å². The molecule has 18 heavy (non-hydrogen) atoms. The quantitative estimate of drug-likeness (QED) is 0.844. The Morgan fingerprint density at radius 3 is 2.50 bits per heavy atom. The second-order valence-corrected chi connectivity index (χ2v) is 5.72. The molecule has 0 radical (unpaired) electrons. The van der Waals surface area contributed by atoms with Crippen LogP contribution in [-0.2, 0) is 0 Å². The zero-order valence-corrected chi connectivity index (χ0v) is 12.2. The van der Waals surface area contributed by atoms with Gasteiger partial charge in [0.1, 0.15) is 5.69 Å². The molecule has 0 spiro atoms. The lowest BCUT2D eigenvalue weighted by Gasteiger charge is -2.27. The molecule has 1 unspecified atom stereocenters. The predicted molar refractivity (Wildman–Crippen MR) is 73.7 cm³/mol. The Labute approximate surface area is 110 Å². The fourth-order valence-electron chi connectivity index (χ4n) is 1.93. The number of ether oxygens (including phenoxy) is 1. The number of hydrogen-bond acceptors (Lipinski definition) is 4. The molecule has 1 atom stereocenters. The summed E-state index contributed by atoms with van der Waals surface area (Å²) in [5.41, 5.74) is 1.14. The summed E-state index contributed by atoms with van der Waals surface area (Å²) < 4.78 is 5.31. The van der Waals surface area contributed by atoms with E-state index in [9.17, 15) is 0 Å². The fourth-order valence-corrected chi connectivity index (χ4v) is 1.93. The summed E-state index contributed by atoms with van der Waals surface area (Å²) in [6, 6.07) is 0.189. The highest BCUT2D eigenvalue weighted by molar-refractivity contribution is 5.21. The van der Waals surface area contributed by atoms with Gasteiger partial charge < -0.3 is 10.1 Å². The molecule has 4 nitrogen and oxygen atoms in total. The Balaban J connectivity index is 2.93. The number of rotatable bonds is 6. The second kappa shape index (κ2) is 6.69. The third kappa shape index (κ3) is 4.61. The maximum absolute atomic E-state index is 5.31. The summed E-state index contributed by atoms with van der Waals surface area (Å²) in [5.74, 6) is 0.621. The number of methoxy groups -OCH3 is 1. The lowest BCUT2D eigenvalue weighted by atomic mass is 9.87. The van der Waals surface area contributed by atoms with Crippen LogP contribution in [0.2, 0.25) is 0 Å². The highest BCUT2D eigenvalue weighted by Crippen LogP contribution is 2.31. The summed E-state index contributed by atoms with van der Waals surface area (Å²) in [7, 11) is 1.64. The van der Waals surface area contributed by atoms with E-state index in [2.05, 4.69) is 43.0 Å². The van der Waals surface area contributed by atoms with Gasteiger partial charge in [-0.25, -0.2) is 4.98 Å². The smallest absolute Gasteiger partial charge is 0.236 e. The first-order valence-electron chi connectivity index (χ1n) is 6.56. The van der Waals surface area contributed by atoms with Crippen molar-refractivity contribution in [3.05, 3.63) is 18.1 Å². The molecule has 1 heterocycles. The third-order valence-electron chi connectivity index (χ3n) is 2.67. The molecule has 0 aliphatic carbocycles. The van der Waals surface area contributed by atoms with E-state index in [-0.39, 0.29) is 11.5 Å². The molecule has 0 aliphatic rings. The van der Waals surface area contributed by atoms with Gasteiger partial charge in [-0.05, 0) is 24.8 Å². The Hall–Kier alpha value is -1.16. The minimum atomic E-state index is 0.189. The Morgan fingerprint density at radius 2 is 1.94 bits per heavy atom. The van der Waals surface area contributed by atoms with Gasteiger partial charge in [-0.1, -0.05) is 27.7 Å². The average Bonchev–Trinajstić information content (AvgIpc) is 2.33. The molecule has 4 heteroatoms. The molecule has 0 saturated carbocycles. The first-order valence-corrected chi connectivity index (χ1v) is 6.56. The van der Waals surface area contributed by atoms with Crippen LogP contribution in [0.1, 0.15) is 52.3 Å². The van der Waals surface area contributed by atoms with Gasteiger partial charge in [-0.15, -0.1) is 0 Å². The maximum Gasteiger partial charge on any atom is 0.236 e. The average molecular weight is 251 g/mol. The minimum absolute atomic E-state index is 0.189. The molecule has 0 amide bonds. The van der Waals surface area contributed by atoms with Crippen LogP contribution >= 0.6 is 0 Å². The molecule has 0 aliphatic heterocycles. The molecule has 0 bridgehead atoms. The normalized spacial score (nSPS) is 13.4. The summed E-state index contributed by atoms with van der Waals surface area (Å²) in [6.45, 7) is 9.83. The van der Waals surface area contributed by atoms with Crippen LogP contribution in [0.25, 0.3) is 0 Å². The number of nitrogens with one attached hydrogen (secondary N) is 1. The van der Waals surface area contributed by atoms with Gasteiger partial charge in [0, 0.05) is 12.4 Å². The van der Waals surface area contributed by atoms with Crippen LogP contribution < -0.4 is 10.1 Å². The Bertz CT molecular complexity index is 360. The maximum atomic E-state index is 5.31. The van der Waals surface area contributed by atoms with Crippen molar-refractivity contribution in [2.75, 3.05) is 13.7 Å². The van der Waals surface area contributed by atoms with Gasteiger partial charge in [0.05, 0.1) is 13.2 Å². The van der Waals surface area contributed by atoms with Crippen molar-refractivity contribution in [3.8, 4) is 5.88 Å². The van der Waals surface area contributed by atoms with Crippen molar-refractivity contribution in [1.82, 2.24) is 15.3 Å². The molecule has 0 fully saturated rings. The SMILES string of the molecule is CCCNC(CC(C)(C)C)c1nccnc1OC. The molecule has 0 saturated heterocycles. The number of hydrogen-bond donors (Lipinski definition) is 1. The van der Waals surface area contributed by atoms with Crippen LogP contribution in [0.4, 0.5) is 0 Å². The molecular weight excluding hydrogens is 226 g/mol. The summed E-state index contributed by atoms with van der Waals surface area (Å²) in [5, 5.41) is 3.53. The molecule has 1 aromatic heterocycles. The monoisotopic (exact) mass is 251 g/mol. The Kier molecular flexibility index (Phi) is 5.54. The highest BCUT2D eigenvalue weighted by atomic mass is 16.5. The fraction of sp³-hybridized carbons (Fsp3) is 0.714. The van der Waals surface area contributed by atoms with Crippen molar-refractivity contribution in [2.24, 2.45) is 5.41 Å². The van der Waals surface area contributed by atoms with Crippen LogP contribution in [-0.4, -0.2) is 23.6 Å². The van der Waals surface area contributed by atoms with Crippen LogP contribution in [0, 0.1) is 5.41 Å². The van der Waals surface area contributed by atoms with Crippen molar-refractivity contribution < 1.29 is 4.74 Å². The molecule has 1 N–H and O–H groups in total. The number of nitrogens with zero attached hydrogens (tertiary/aromatic N) is 2. The van der Waals surface area contributed by atoms with E-state index in [1.165, 1.54) is 0 Å². The summed E-state index contributed by atoms with van der Waals surface area (Å²) in [4.78, 5) is 8.67. The zero-order chi connectivity index (χ0) is 13.6. The van der Waals surface area contributed by atoms with E-state index in [4.69, 9.17) is 4.74 Å². The van der Waals surface area contributed by atoms with Gasteiger partial charge in [-0.3, -0.25) is 4.98 Å². The minimum Gasteiger partial charge on any atom is -0.480 e. The topological polar surface area (TPSA) is 47.0 Å². The van der Waals surface area contributed by atoms with E-state index < -0.39 is 0 Å². The summed E-state index contributed by atoms with van der Waals surface area (Å²) >= 11 is 0. The predicted octanol–water partition coefficient (Wildman–Crippen LogP) is 2.96. The van der Waals surface area contributed by atoms with Crippen LogP contribution in [0.15, 0.2) is 12.4 Å². The number of aromatic nitrogens is 2.